The lowest BCUT2D eigenvalue weighted by atomic mass is 10.1. The SMILES string of the molecule is O=S(=O)(c1ccc2ccccc2c1)N1CCCC1c1nc2ccccc2[nH]1. The fraction of sp³-hybridized carbons (Fsp3) is 0.190. The number of aromatic nitrogens is 2. The van der Waals surface area contributed by atoms with Crippen LogP contribution in [0.15, 0.2) is 71.6 Å². The number of H-pyrrole nitrogens is 1. The van der Waals surface area contributed by atoms with Gasteiger partial charge in [-0.2, -0.15) is 4.31 Å². The number of hydrogen-bond acceptors (Lipinski definition) is 3. The van der Waals surface area contributed by atoms with Crippen LogP contribution in [0, 0.1) is 0 Å². The zero-order valence-electron chi connectivity index (χ0n) is 14.7. The maximum atomic E-state index is 13.4. The van der Waals surface area contributed by atoms with Gasteiger partial charge in [0.15, 0.2) is 0 Å². The topological polar surface area (TPSA) is 66.1 Å². The molecular formula is C21H19N3O2S. The Hall–Kier alpha value is -2.70. The first-order valence-electron chi connectivity index (χ1n) is 9.08. The minimum Gasteiger partial charge on any atom is -0.341 e. The Morgan fingerprint density at radius 1 is 0.963 bits per heavy atom. The molecular weight excluding hydrogens is 358 g/mol. The first-order valence-corrected chi connectivity index (χ1v) is 10.5. The van der Waals surface area contributed by atoms with E-state index in [1.807, 2.05) is 54.6 Å². The quantitative estimate of drug-likeness (QED) is 0.581. The fourth-order valence-electron chi connectivity index (χ4n) is 3.89. The Kier molecular flexibility index (Phi) is 3.77. The summed E-state index contributed by atoms with van der Waals surface area (Å²) >= 11 is 0. The van der Waals surface area contributed by atoms with E-state index in [0.29, 0.717) is 11.4 Å². The number of hydrogen-bond donors (Lipinski definition) is 1. The lowest BCUT2D eigenvalue weighted by molar-refractivity contribution is 0.386. The molecule has 0 saturated carbocycles. The maximum absolute atomic E-state index is 13.4. The number of aromatic amines is 1. The van der Waals surface area contributed by atoms with Crippen molar-refractivity contribution in [2.24, 2.45) is 0 Å². The van der Waals surface area contributed by atoms with Crippen LogP contribution in [0.25, 0.3) is 21.8 Å². The lowest BCUT2D eigenvalue weighted by Gasteiger charge is -2.22. The van der Waals surface area contributed by atoms with Gasteiger partial charge < -0.3 is 4.98 Å². The van der Waals surface area contributed by atoms with E-state index in [2.05, 4.69) is 9.97 Å². The molecule has 4 aromatic rings. The van der Waals surface area contributed by atoms with Gasteiger partial charge in [0.25, 0.3) is 0 Å². The maximum Gasteiger partial charge on any atom is 0.243 e. The van der Waals surface area contributed by atoms with Crippen LogP contribution in [0.5, 0.6) is 0 Å². The average Bonchev–Trinajstić information content (AvgIpc) is 3.34. The van der Waals surface area contributed by atoms with E-state index in [-0.39, 0.29) is 6.04 Å². The van der Waals surface area contributed by atoms with E-state index in [4.69, 9.17) is 0 Å². The van der Waals surface area contributed by atoms with E-state index in [9.17, 15) is 8.42 Å². The lowest BCUT2D eigenvalue weighted by Crippen LogP contribution is -2.31. The van der Waals surface area contributed by atoms with Crippen molar-refractivity contribution in [1.82, 2.24) is 14.3 Å². The fourth-order valence-corrected chi connectivity index (χ4v) is 5.59. The first-order chi connectivity index (χ1) is 13.1. The van der Waals surface area contributed by atoms with Crippen LogP contribution in [-0.4, -0.2) is 29.2 Å². The molecule has 3 aromatic carbocycles. The summed E-state index contributed by atoms with van der Waals surface area (Å²) in [6, 6.07) is 20.7. The number of para-hydroxylation sites is 2. The van der Waals surface area contributed by atoms with Gasteiger partial charge in [-0.3, -0.25) is 0 Å². The van der Waals surface area contributed by atoms with Crippen molar-refractivity contribution in [2.75, 3.05) is 6.54 Å². The van der Waals surface area contributed by atoms with Gasteiger partial charge in [-0.1, -0.05) is 42.5 Å². The largest absolute Gasteiger partial charge is 0.341 e. The van der Waals surface area contributed by atoms with Gasteiger partial charge in [0, 0.05) is 6.54 Å². The van der Waals surface area contributed by atoms with Crippen molar-refractivity contribution >= 4 is 31.8 Å². The predicted molar refractivity (Wildman–Crippen MR) is 106 cm³/mol. The Labute approximate surface area is 157 Å². The summed E-state index contributed by atoms with van der Waals surface area (Å²) in [4.78, 5) is 8.28. The number of imidazole rings is 1. The van der Waals surface area contributed by atoms with Crippen LogP contribution >= 0.6 is 0 Å². The molecule has 1 aromatic heterocycles. The number of sulfonamides is 1. The Morgan fingerprint density at radius 3 is 2.59 bits per heavy atom. The van der Waals surface area contributed by atoms with E-state index >= 15 is 0 Å². The summed E-state index contributed by atoms with van der Waals surface area (Å²) in [6.45, 7) is 0.511. The molecule has 1 fully saturated rings. The van der Waals surface area contributed by atoms with E-state index in [1.54, 1.807) is 16.4 Å². The minimum absolute atomic E-state index is 0.256. The van der Waals surface area contributed by atoms with E-state index < -0.39 is 10.0 Å². The number of nitrogens with zero attached hydrogens (tertiary/aromatic N) is 2. The summed E-state index contributed by atoms with van der Waals surface area (Å²) < 4.78 is 28.3. The smallest absolute Gasteiger partial charge is 0.243 e. The van der Waals surface area contributed by atoms with Crippen molar-refractivity contribution in [2.45, 2.75) is 23.8 Å². The Balaban J connectivity index is 1.56. The molecule has 1 aliphatic heterocycles. The Morgan fingerprint density at radius 2 is 1.74 bits per heavy atom. The molecule has 6 heteroatoms. The predicted octanol–water partition coefficient (Wildman–Crippen LogP) is 4.24. The summed E-state index contributed by atoms with van der Waals surface area (Å²) in [7, 11) is -3.59. The molecule has 0 bridgehead atoms. The molecule has 0 spiro atoms. The summed E-state index contributed by atoms with van der Waals surface area (Å²) in [6.07, 6.45) is 1.60. The highest BCUT2D eigenvalue weighted by Gasteiger charge is 2.37. The second-order valence-electron chi connectivity index (χ2n) is 6.92. The zero-order valence-corrected chi connectivity index (χ0v) is 15.5. The summed E-state index contributed by atoms with van der Waals surface area (Å²) in [5.74, 6) is 0.720. The molecule has 1 unspecified atom stereocenters. The normalized spacial score (nSPS) is 18.4. The van der Waals surface area contributed by atoms with Crippen molar-refractivity contribution in [1.29, 1.82) is 0 Å². The Bertz CT molecular complexity index is 1210. The summed E-state index contributed by atoms with van der Waals surface area (Å²) in [5, 5.41) is 1.96. The number of nitrogens with one attached hydrogen (secondary N) is 1. The number of fused-ring (bicyclic) bond motifs is 2. The third kappa shape index (κ3) is 2.72. The van der Waals surface area contributed by atoms with Gasteiger partial charge in [-0.05, 0) is 47.9 Å². The number of benzene rings is 3. The molecule has 1 N–H and O–H groups in total. The second kappa shape index (κ2) is 6.18. The molecule has 5 rings (SSSR count). The van der Waals surface area contributed by atoms with Crippen LogP contribution in [0.3, 0.4) is 0 Å². The van der Waals surface area contributed by atoms with Crippen molar-refractivity contribution in [3.63, 3.8) is 0 Å². The van der Waals surface area contributed by atoms with Gasteiger partial charge in [-0.25, -0.2) is 13.4 Å². The van der Waals surface area contributed by atoms with Crippen LogP contribution in [-0.2, 0) is 10.0 Å². The van der Waals surface area contributed by atoms with Crippen LogP contribution in [0.2, 0.25) is 0 Å². The van der Waals surface area contributed by atoms with Crippen molar-refractivity contribution in [3.05, 3.63) is 72.6 Å². The van der Waals surface area contributed by atoms with E-state index in [0.717, 1.165) is 40.5 Å². The van der Waals surface area contributed by atoms with E-state index in [1.165, 1.54) is 0 Å². The molecule has 0 amide bonds. The molecule has 0 radical (unpaired) electrons. The molecule has 2 heterocycles. The molecule has 5 nitrogen and oxygen atoms in total. The molecule has 0 aliphatic carbocycles. The summed E-state index contributed by atoms with van der Waals surface area (Å²) in [5.41, 5.74) is 1.80. The highest BCUT2D eigenvalue weighted by atomic mass is 32.2. The average molecular weight is 377 g/mol. The number of rotatable bonds is 3. The minimum atomic E-state index is -3.59. The van der Waals surface area contributed by atoms with Crippen LogP contribution in [0.1, 0.15) is 24.7 Å². The highest BCUT2D eigenvalue weighted by molar-refractivity contribution is 7.89. The van der Waals surface area contributed by atoms with Gasteiger partial charge in [0.2, 0.25) is 10.0 Å². The van der Waals surface area contributed by atoms with Gasteiger partial charge in [0.05, 0.1) is 22.0 Å². The molecule has 1 aliphatic rings. The highest BCUT2D eigenvalue weighted by Crippen LogP contribution is 2.36. The third-order valence-corrected chi connectivity index (χ3v) is 7.16. The third-order valence-electron chi connectivity index (χ3n) is 5.25. The second-order valence-corrected chi connectivity index (χ2v) is 8.81. The van der Waals surface area contributed by atoms with Gasteiger partial charge >= 0.3 is 0 Å². The van der Waals surface area contributed by atoms with Gasteiger partial charge in [-0.15, -0.1) is 0 Å². The molecule has 1 atom stereocenters. The zero-order chi connectivity index (χ0) is 18.4. The van der Waals surface area contributed by atoms with Crippen LogP contribution < -0.4 is 0 Å². The van der Waals surface area contributed by atoms with Crippen LogP contribution in [0.4, 0.5) is 0 Å². The van der Waals surface area contributed by atoms with Crippen molar-refractivity contribution in [3.8, 4) is 0 Å². The van der Waals surface area contributed by atoms with Crippen molar-refractivity contribution < 1.29 is 8.42 Å². The first kappa shape index (κ1) is 16.5. The van der Waals surface area contributed by atoms with Gasteiger partial charge in [0.1, 0.15) is 5.82 Å². The molecule has 1 saturated heterocycles. The molecule has 136 valence electrons. The standard InChI is InChI=1S/C21H19N3O2S/c25-27(26,17-12-11-15-6-1-2-7-16(15)14-17)24-13-5-10-20(24)21-22-18-8-3-4-9-19(18)23-21/h1-4,6-9,11-12,14,20H,5,10,13H2,(H,22,23). The monoisotopic (exact) mass is 377 g/mol. The molecule has 27 heavy (non-hydrogen) atoms.